The van der Waals surface area contributed by atoms with Crippen molar-refractivity contribution in [2.24, 2.45) is 0 Å². The summed E-state index contributed by atoms with van der Waals surface area (Å²) in [6.07, 6.45) is 1.05. The quantitative estimate of drug-likeness (QED) is 0.922. The molecule has 19 heavy (non-hydrogen) atoms. The predicted octanol–water partition coefficient (Wildman–Crippen LogP) is 2.66. The fourth-order valence-corrected chi connectivity index (χ4v) is 2.36. The topological polar surface area (TPSA) is 30.5 Å². The van der Waals surface area contributed by atoms with Gasteiger partial charge >= 0.3 is 0 Å². The number of methoxy groups -OCH3 is 1. The van der Waals surface area contributed by atoms with Crippen molar-refractivity contribution >= 4 is 11.6 Å². The van der Waals surface area contributed by atoms with E-state index in [9.17, 15) is 0 Å². The summed E-state index contributed by atoms with van der Waals surface area (Å²) in [5, 5.41) is 4.31. The molecule has 4 heteroatoms. The van der Waals surface area contributed by atoms with Gasteiger partial charge in [-0.3, -0.25) is 0 Å². The van der Waals surface area contributed by atoms with E-state index < -0.39 is 0 Å². The Morgan fingerprint density at radius 3 is 2.58 bits per heavy atom. The van der Waals surface area contributed by atoms with Gasteiger partial charge in [-0.1, -0.05) is 23.7 Å². The van der Waals surface area contributed by atoms with Gasteiger partial charge in [0.2, 0.25) is 0 Å². The Labute approximate surface area is 120 Å². The van der Waals surface area contributed by atoms with Crippen molar-refractivity contribution in [3.8, 4) is 0 Å². The van der Waals surface area contributed by atoms with Crippen LogP contribution in [-0.4, -0.2) is 38.0 Å². The second-order valence-electron chi connectivity index (χ2n) is 5.57. The lowest BCUT2D eigenvalue weighted by molar-refractivity contribution is -0.127. The molecule has 3 nitrogen and oxygen atoms in total. The number of hydrogen-bond acceptors (Lipinski definition) is 3. The highest BCUT2D eigenvalue weighted by molar-refractivity contribution is 6.30. The van der Waals surface area contributed by atoms with E-state index in [1.54, 1.807) is 7.11 Å². The van der Waals surface area contributed by atoms with E-state index >= 15 is 0 Å². The lowest BCUT2D eigenvalue weighted by atomic mass is 9.98. The van der Waals surface area contributed by atoms with Gasteiger partial charge < -0.3 is 14.8 Å². The molecule has 1 saturated heterocycles. The second-order valence-corrected chi connectivity index (χ2v) is 6.00. The molecule has 0 amide bonds. The molecule has 0 spiro atoms. The maximum absolute atomic E-state index is 5.93. The minimum absolute atomic E-state index is 0.0963. The van der Waals surface area contributed by atoms with Gasteiger partial charge in [-0.2, -0.15) is 0 Å². The highest BCUT2D eigenvalue weighted by Gasteiger charge is 2.33. The van der Waals surface area contributed by atoms with Gasteiger partial charge in [0.25, 0.3) is 0 Å². The largest absolute Gasteiger partial charge is 0.376 e. The van der Waals surface area contributed by atoms with E-state index in [0.717, 1.165) is 18.0 Å². The van der Waals surface area contributed by atoms with E-state index in [0.29, 0.717) is 12.6 Å². The number of morpholine rings is 1. The van der Waals surface area contributed by atoms with Gasteiger partial charge in [-0.15, -0.1) is 0 Å². The lowest BCUT2D eigenvalue weighted by Crippen LogP contribution is -2.55. The molecule has 106 valence electrons. The fourth-order valence-electron chi connectivity index (χ4n) is 2.24. The van der Waals surface area contributed by atoms with Crippen molar-refractivity contribution in [2.45, 2.75) is 38.0 Å². The molecule has 1 aromatic carbocycles. The number of halogens is 1. The zero-order valence-electron chi connectivity index (χ0n) is 11.8. The molecule has 1 fully saturated rings. The standard InChI is InChI=1S/C15H22ClNO2/c1-15(2,18-3)14-9-17-13(10-19-14)8-11-4-6-12(16)7-5-11/h4-7,13-14,17H,8-10H2,1-3H3/t13-,14+/m0/s1. The molecule has 0 aliphatic carbocycles. The number of rotatable bonds is 4. The zero-order chi connectivity index (χ0) is 13.9. The Bertz CT molecular complexity index is 397. The molecule has 1 N–H and O–H groups in total. The number of ether oxygens (including phenoxy) is 2. The summed E-state index contributed by atoms with van der Waals surface area (Å²) in [6.45, 7) is 5.64. The molecule has 0 saturated carbocycles. The summed E-state index contributed by atoms with van der Waals surface area (Å²) in [7, 11) is 1.73. The van der Waals surface area contributed by atoms with Crippen LogP contribution < -0.4 is 5.32 Å². The van der Waals surface area contributed by atoms with Crippen molar-refractivity contribution in [3.05, 3.63) is 34.9 Å². The number of nitrogens with one attached hydrogen (secondary N) is 1. The molecule has 1 aromatic rings. The molecule has 0 bridgehead atoms. The van der Waals surface area contributed by atoms with Gasteiger partial charge in [-0.25, -0.2) is 0 Å². The first-order chi connectivity index (χ1) is 9.01. The van der Waals surface area contributed by atoms with Crippen molar-refractivity contribution < 1.29 is 9.47 Å². The normalized spacial score (nSPS) is 24.4. The van der Waals surface area contributed by atoms with E-state index in [4.69, 9.17) is 21.1 Å². The van der Waals surface area contributed by atoms with Crippen LogP contribution >= 0.6 is 11.6 Å². The Hall–Kier alpha value is -0.610. The third-order valence-corrected chi connectivity index (χ3v) is 4.04. The van der Waals surface area contributed by atoms with Gasteiger partial charge in [0.15, 0.2) is 0 Å². The summed E-state index contributed by atoms with van der Waals surface area (Å²) < 4.78 is 11.4. The van der Waals surface area contributed by atoms with Gasteiger partial charge in [-0.05, 0) is 38.0 Å². The molecule has 1 aliphatic rings. The van der Waals surface area contributed by atoms with Crippen LogP contribution in [0.5, 0.6) is 0 Å². The van der Waals surface area contributed by atoms with Crippen molar-refractivity contribution in [3.63, 3.8) is 0 Å². The van der Waals surface area contributed by atoms with Crippen LogP contribution in [0.25, 0.3) is 0 Å². The molecule has 1 heterocycles. The Balaban J connectivity index is 1.85. The van der Waals surface area contributed by atoms with Gasteiger partial charge in [0.05, 0.1) is 18.3 Å². The third kappa shape index (κ3) is 3.93. The average Bonchev–Trinajstić information content (AvgIpc) is 2.42. The van der Waals surface area contributed by atoms with Crippen molar-refractivity contribution in [1.82, 2.24) is 5.32 Å². The van der Waals surface area contributed by atoms with E-state index in [-0.39, 0.29) is 11.7 Å². The van der Waals surface area contributed by atoms with Crippen LogP contribution in [-0.2, 0) is 15.9 Å². The lowest BCUT2D eigenvalue weighted by Gasteiger charge is -2.38. The molecular formula is C15H22ClNO2. The summed E-state index contributed by atoms with van der Waals surface area (Å²) in [6, 6.07) is 8.34. The minimum Gasteiger partial charge on any atom is -0.376 e. The van der Waals surface area contributed by atoms with Crippen LogP contribution in [0.1, 0.15) is 19.4 Å². The third-order valence-electron chi connectivity index (χ3n) is 3.79. The summed E-state index contributed by atoms with van der Waals surface area (Å²) >= 11 is 5.89. The Morgan fingerprint density at radius 1 is 1.37 bits per heavy atom. The molecule has 0 unspecified atom stereocenters. The molecule has 2 rings (SSSR count). The highest BCUT2D eigenvalue weighted by atomic mass is 35.5. The predicted molar refractivity (Wildman–Crippen MR) is 77.8 cm³/mol. The molecule has 0 radical (unpaired) electrons. The zero-order valence-corrected chi connectivity index (χ0v) is 12.5. The van der Waals surface area contributed by atoms with Crippen LogP contribution in [0.15, 0.2) is 24.3 Å². The fraction of sp³-hybridized carbons (Fsp3) is 0.600. The van der Waals surface area contributed by atoms with E-state index in [2.05, 4.69) is 31.3 Å². The first kappa shape index (κ1) is 14.8. The highest BCUT2D eigenvalue weighted by Crippen LogP contribution is 2.20. The smallest absolute Gasteiger partial charge is 0.0983 e. The number of hydrogen-bond donors (Lipinski definition) is 1. The van der Waals surface area contributed by atoms with E-state index in [1.165, 1.54) is 5.56 Å². The first-order valence-corrected chi connectivity index (χ1v) is 7.03. The molecule has 0 aromatic heterocycles. The summed E-state index contributed by atoms with van der Waals surface area (Å²) in [5.74, 6) is 0. The van der Waals surface area contributed by atoms with Crippen molar-refractivity contribution in [2.75, 3.05) is 20.3 Å². The summed E-state index contributed by atoms with van der Waals surface area (Å²) in [5.41, 5.74) is 1.02. The molecular weight excluding hydrogens is 262 g/mol. The molecule has 2 atom stereocenters. The Kier molecular flexibility index (Phi) is 4.85. The maximum atomic E-state index is 5.93. The van der Waals surface area contributed by atoms with Crippen LogP contribution in [0.2, 0.25) is 5.02 Å². The Morgan fingerprint density at radius 2 is 2.05 bits per heavy atom. The van der Waals surface area contributed by atoms with Gasteiger partial charge in [0, 0.05) is 24.7 Å². The van der Waals surface area contributed by atoms with Gasteiger partial charge in [0.1, 0.15) is 0 Å². The molecule has 1 aliphatic heterocycles. The maximum Gasteiger partial charge on any atom is 0.0983 e. The van der Waals surface area contributed by atoms with Crippen LogP contribution in [0.3, 0.4) is 0 Å². The first-order valence-electron chi connectivity index (χ1n) is 6.66. The van der Waals surface area contributed by atoms with Crippen molar-refractivity contribution in [1.29, 1.82) is 0 Å². The van der Waals surface area contributed by atoms with Crippen LogP contribution in [0.4, 0.5) is 0 Å². The minimum atomic E-state index is -0.252. The SMILES string of the molecule is COC(C)(C)[C@H]1CN[C@@H](Cc2ccc(Cl)cc2)CO1. The summed E-state index contributed by atoms with van der Waals surface area (Å²) in [4.78, 5) is 0. The second kappa shape index (κ2) is 6.23. The average molecular weight is 284 g/mol. The number of benzene rings is 1. The van der Waals surface area contributed by atoms with Crippen LogP contribution in [0, 0.1) is 0 Å². The van der Waals surface area contributed by atoms with E-state index in [1.807, 2.05) is 12.1 Å². The monoisotopic (exact) mass is 283 g/mol.